The molecule has 1 heterocycles. The van der Waals surface area contributed by atoms with E-state index in [-0.39, 0.29) is 6.42 Å². The highest BCUT2D eigenvalue weighted by Gasteiger charge is 2.44. The van der Waals surface area contributed by atoms with Crippen LogP contribution in [0.2, 0.25) is 0 Å². The first-order valence-electron chi connectivity index (χ1n) is 24.6. The summed E-state index contributed by atoms with van der Waals surface area (Å²) in [6.07, 6.45) is 29.7. The molecule has 350 valence electrons. The van der Waals surface area contributed by atoms with Gasteiger partial charge in [0.05, 0.1) is 25.4 Å². The number of allylic oxidation sites excluding steroid dienone is 2. The number of unbranched alkanes of at least 4 members (excludes halogenated alkanes) is 27. The van der Waals surface area contributed by atoms with Crippen LogP contribution in [-0.2, 0) is 14.3 Å². The molecule has 11 nitrogen and oxygen atoms in total. The second kappa shape index (κ2) is 38.5. The third-order valence-electron chi connectivity index (χ3n) is 12.1. The van der Waals surface area contributed by atoms with E-state index in [1.165, 1.54) is 128 Å². The minimum absolute atomic E-state index is 0.262. The molecule has 0 aromatic heterocycles. The zero-order valence-electron chi connectivity index (χ0n) is 37.7. The first-order chi connectivity index (χ1) is 28.7. The number of rotatable bonds is 41. The molecule has 0 saturated carbocycles. The number of aliphatic hydroxyl groups is 7. The van der Waals surface area contributed by atoms with Gasteiger partial charge in [-0.15, -0.1) is 0 Å². The number of aliphatic hydroxyl groups excluding tert-OH is 7. The van der Waals surface area contributed by atoms with E-state index < -0.39 is 74.2 Å². The summed E-state index contributed by atoms with van der Waals surface area (Å²) in [7, 11) is 0. The van der Waals surface area contributed by atoms with Crippen molar-refractivity contribution >= 4 is 5.91 Å². The smallest absolute Gasteiger partial charge is 0.249 e. The average Bonchev–Trinajstić information content (AvgIpc) is 3.23. The second-order valence-electron chi connectivity index (χ2n) is 17.5. The predicted molar refractivity (Wildman–Crippen MR) is 238 cm³/mol. The molecule has 0 aromatic carbocycles. The lowest BCUT2D eigenvalue weighted by Gasteiger charge is -2.40. The van der Waals surface area contributed by atoms with Gasteiger partial charge in [0, 0.05) is 0 Å². The Balaban J connectivity index is 2.42. The van der Waals surface area contributed by atoms with Crippen molar-refractivity contribution < 1.29 is 50.0 Å². The minimum atomic E-state index is -1.66. The quantitative estimate of drug-likeness (QED) is 0.0219. The molecule has 1 fully saturated rings. The number of amides is 1. The van der Waals surface area contributed by atoms with E-state index in [1.54, 1.807) is 0 Å². The molecule has 1 amide bonds. The molecule has 0 aromatic rings. The van der Waals surface area contributed by atoms with Gasteiger partial charge in [0.15, 0.2) is 6.29 Å². The number of carbonyl (C=O) groups is 1. The summed E-state index contributed by atoms with van der Waals surface area (Å²) in [4.78, 5) is 13.1. The Morgan fingerprint density at radius 1 is 0.576 bits per heavy atom. The van der Waals surface area contributed by atoms with Crippen molar-refractivity contribution in [3.05, 3.63) is 12.2 Å². The van der Waals surface area contributed by atoms with Crippen molar-refractivity contribution in [1.82, 2.24) is 5.32 Å². The van der Waals surface area contributed by atoms with E-state index in [0.29, 0.717) is 19.3 Å². The third-order valence-corrected chi connectivity index (χ3v) is 12.1. The van der Waals surface area contributed by atoms with Gasteiger partial charge in [-0.3, -0.25) is 4.79 Å². The van der Waals surface area contributed by atoms with Crippen molar-refractivity contribution in [1.29, 1.82) is 0 Å². The molecular formula is C48H93NO10. The number of hydrogen-bond acceptors (Lipinski definition) is 10. The van der Waals surface area contributed by atoms with E-state index in [9.17, 15) is 40.5 Å². The van der Waals surface area contributed by atoms with Gasteiger partial charge < -0.3 is 50.5 Å². The fourth-order valence-corrected chi connectivity index (χ4v) is 7.96. The first-order valence-corrected chi connectivity index (χ1v) is 24.6. The number of carbonyl (C=O) groups excluding carboxylic acids is 1. The van der Waals surface area contributed by atoms with Crippen molar-refractivity contribution in [3.63, 3.8) is 0 Å². The van der Waals surface area contributed by atoms with E-state index in [2.05, 4.69) is 31.3 Å². The van der Waals surface area contributed by atoms with Crippen LogP contribution in [0.15, 0.2) is 12.2 Å². The van der Waals surface area contributed by atoms with Gasteiger partial charge in [-0.1, -0.05) is 193 Å². The van der Waals surface area contributed by atoms with Crippen LogP contribution in [0.25, 0.3) is 0 Å². The molecule has 0 radical (unpaired) electrons. The maximum Gasteiger partial charge on any atom is 0.249 e. The maximum atomic E-state index is 13.1. The van der Waals surface area contributed by atoms with Crippen LogP contribution in [-0.4, -0.2) is 110 Å². The normalized spacial score (nSPS) is 21.8. The molecule has 11 heteroatoms. The zero-order chi connectivity index (χ0) is 43.4. The fourth-order valence-electron chi connectivity index (χ4n) is 7.96. The molecule has 1 aliphatic rings. The molecule has 0 aliphatic carbocycles. The molecule has 0 spiro atoms. The van der Waals surface area contributed by atoms with Crippen LogP contribution in [0.1, 0.15) is 219 Å². The Labute approximate surface area is 360 Å². The summed E-state index contributed by atoms with van der Waals surface area (Å²) in [5.74, 6) is -0.699. The summed E-state index contributed by atoms with van der Waals surface area (Å²) in [6, 6.07) is -1.17. The Kier molecular flexibility index (Phi) is 36.5. The molecule has 59 heavy (non-hydrogen) atoms. The third kappa shape index (κ3) is 28.2. The van der Waals surface area contributed by atoms with Gasteiger partial charge in [-0.05, 0) is 38.5 Å². The van der Waals surface area contributed by atoms with Gasteiger partial charge in [0.25, 0.3) is 0 Å². The van der Waals surface area contributed by atoms with Gasteiger partial charge in [-0.2, -0.15) is 0 Å². The fraction of sp³-hybridized carbons (Fsp3) is 0.938. The van der Waals surface area contributed by atoms with Gasteiger partial charge in [-0.25, -0.2) is 0 Å². The molecule has 0 bridgehead atoms. The van der Waals surface area contributed by atoms with Crippen molar-refractivity contribution in [2.75, 3.05) is 13.2 Å². The lowest BCUT2D eigenvalue weighted by atomic mass is 9.98. The van der Waals surface area contributed by atoms with Crippen LogP contribution >= 0.6 is 0 Å². The van der Waals surface area contributed by atoms with Gasteiger partial charge >= 0.3 is 0 Å². The molecule has 9 atom stereocenters. The van der Waals surface area contributed by atoms with E-state index in [4.69, 9.17) is 9.47 Å². The second-order valence-corrected chi connectivity index (χ2v) is 17.5. The topological polar surface area (TPSA) is 189 Å². The SMILES string of the molecule is CCCCCCCC/C=C\CCCCCC[C@@H](O)[C@@H](O)[C@H](CO[C@@H]1O[C@H](CO)[C@@H](O)[C@H](O)[C@H]1O)NC(=O)[C@@H](O)CCCCCCCCCCCCCCCCCCCC. The van der Waals surface area contributed by atoms with Crippen LogP contribution in [0.5, 0.6) is 0 Å². The number of hydrogen-bond donors (Lipinski definition) is 8. The van der Waals surface area contributed by atoms with Crippen molar-refractivity contribution in [2.45, 2.75) is 274 Å². The summed E-state index contributed by atoms with van der Waals surface area (Å²) in [5.41, 5.74) is 0. The summed E-state index contributed by atoms with van der Waals surface area (Å²) in [6.45, 7) is 3.44. The summed E-state index contributed by atoms with van der Waals surface area (Å²) >= 11 is 0. The average molecular weight is 844 g/mol. The number of ether oxygens (including phenoxy) is 2. The van der Waals surface area contributed by atoms with E-state index >= 15 is 0 Å². The Morgan fingerprint density at radius 3 is 1.42 bits per heavy atom. The maximum absolute atomic E-state index is 13.1. The van der Waals surface area contributed by atoms with Crippen LogP contribution in [0.4, 0.5) is 0 Å². The molecule has 8 N–H and O–H groups in total. The van der Waals surface area contributed by atoms with E-state index in [0.717, 1.165) is 51.4 Å². The lowest BCUT2D eigenvalue weighted by molar-refractivity contribution is -0.303. The highest BCUT2D eigenvalue weighted by molar-refractivity contribution is 5.80. The molecule has 1 rings (SSSR count). The molecular weight excluding hydrogens is 751 g/mol. The predicted octanol–water partition coefficient (Wildman–Crippen LogP) is 8.45. The summed E-state index contributed by atoms with van der Waals surface area (Å²) < 4.78 is 11.1. The van der Waals surface area contributed by atoms with Crippen molar-refractivity contribution in [2.24, 2.45) is 0 Å². The Morgan fingerprint density at radius 2 is 0.983 bits per heavy atom. The van der Waals surface area contributed by atoms with E-state index in [1.807, 2.05) is 0 Å². The largest absolute Gasteiger partial charge is 0.394 e. The van der Waals surface area contributed by atoms with Crippen LogP contribution in [0, 0.1) is 0 Å². The van der Waals surface area contributed by atoms with Crippen LogP contribution in [0.3, 0.4) is 0 Å². The number of nitrogens with one attached hydrogen (secondary N) is 1. The Bertz CT molecular complexity index is 970. The Hall–Kier alpha value is -1.15. The van der Waals surface area contributed by atoms with Crippen molar-refractivity contribution in [3.8, 4) is 0 Å². The zero-order valence-corrected chi connectivity index (χ0v) is 37.7. The van der Waals surface area contributed by atoms with Gasteiger partial charge in [0.2, 0.25) is 5.91 Å². The van der Waals surface area contributed by atoms with Gasteiger partial charge in [0.1, 0.15) is 36.6 Å². The molecule has 0 unspecified atom stereocenters. The molecule has 1 aliphatic heterocycles. The summed E-state index contributed by atoms with van der Waals surface area (Å²) in [5, 5.41) is 75.7. The lowest BCUT2D eigenvalue weighted by Crippen LogP contribution is -2.60. The highest BCUT2D eigenvalue weighted by atomic mass is 16.7. The monoisotopic (exact) mass is 844 g/mol. The molecule has 1 saturated heterocycles. The standard InChI is InChI=1S/C48H93NO10/c1-3-5-7-9-11-13-15-17-19-20-21-22-24-26-28-30-32-34-36-41(52)47(57)49-39(38-58-48-46(56)45(55)44(54)42(37-50)59-48)43(53)40(51)35-33-31-29-27-25-23-18-16-14-12-10-8-6-4-2/h18,23,39-46,48,50-56H,3-17,19-22,24-38H2,1-2H3,(H,49,57)/b23-18-/t39-,40+,41-,42+,43-,44+,45-,46+,48+/m0/s1. The first kappa shape index (κ1) is 55.9. The highest BCUT2D eigenvalue weighted by Crippen LogP contribution is 2.23. The minimum Gasteiger partial charge on any atom is -0.394 e. The van der Waals surface area contributed by atoms with Crippen LogP contribution < -0.4 is 5.32 Å².